The first-order valence-electron chi connectivity index (χ1n) is 5.59. The molecule has 0 amide bonds. The predicted molar refractivity (Wildman–Crippen MR) is 65.6 cm³/mol. The molecule has 0 aliphatic heterocycles. The molecule has 0 saturated carbocycles. The van der Waals surface area contributed by atoms with Crippen LogP contribution in [-0.2, 0) is 6.54 Å². The van der Waals surface area contributed by atoms with Crippen molar-refractivity contribution in [1.82, 2.24) is 5.32 Å². The van der Waals surface area contributed by atoms with Gasteiger partial charge < -0.3 is 10.4 Å². The highest BCUT2D eigenvalue weighted by atomic mass is 19.1. The third kappa shape index (κ3) is 4.38. The molecule has 5 nitrogen and oxygen atoms in total. The Hall–Kier alpha value is -1.53. The van der Waals surface area contributed by atoms with Crippen LogP contribution in [0.15, 0.2) is 18.2 Å². The first kappa shape index (κ1) is 14.5. The number of benzene rings is 1. The summed E-state index contributed by atoms with van der Waals surface area (Å²) in [4.78, 5) is 9.95. The summed E-state index contributed by atoms with van der Waals surface area (Å²) in [6.07, 6.45) is 0. The number of nitrogens with one attached hydrogen (secondary N) is 1. The monoisotopic (exact) mass is 256 g/mol. The van der Waals surface area contributed by atoms with Crippen LogP contribution in [0, 0.1) is 21.3 Å². The zero-order valence-corrected chi connectivity index (χ0v) is 10.4. The van der Waals surface area contributed by atoms with Gasteiger partial charge in [-0.05, 0) is 11.6 Å². The molecule has 0 atom stereocenters. The van der Waals surface area contributed by atoms with E-state index in [1.165, 1.54) is 12.1 Å². The van der Waals surface area contributed by atoms with E-state index in [0.29, 0.717) is 18.7 Å². The number of halogens is 1. The first-order chi connectivity index (χ1) is 8.34. The van der Waals surface area contributed by atoms with E-state index < -0.39 is 10.7 Å². The Morgan fingerprint density at radius 3 is 2.67 bits per heavy atom. The molecule has 0 fully saturated rings. The molecule has 1 aromatic carbocycles. The van der Waals surface area contributed by atoms with Gasteiger partial charge in [0.2, 0.25) is 0 Å². The van der Waals surface area contributed by atoms with Crippen LogP contribution < -0.4 is 5.32 Å². The molecular formula is C12H17FN2O3. The Morgan fingerprint density at radius 2 is 2.11 bits per heavy atom. The molecule has 0 aliphatic carbocycles. The quantitative estimate of drug-likeness (QED) is 0.601. The molecule has 0 saturated heterocycles. The highest BCUT2D eigenvalue weighted by molar-refractivity contribution is 5.35. The summed E-state index contributed by atoms with van der Waals surface area (Å²) in [5.41, 5.74) is -0.0251. The van der Waals surface area contributed by atoms with Gasteiger partial charge in [0.05, 0.1) is 11.0 Å². The minimum Gasteiger partial charge on any atom is -0.396 e. The average Bonchev–Trinajstić information content (AvgIpc) is 2.28. The van der Waals surface area contributed by atoms with Gasteiger partial charge in [-0.3, -0.25) is 10.1 Å². The SMILES string of the molecule is CC(C)(CO)CNCc1cc(F)cc([N+](=O)[O-])c1. The molecule has 0 spiro atoms. The summed E-state index contributed by atoms with van der Waals surface area (Å²) in [7, 11) is 0. The van der Waals surface area contributed by atoms with Gasteiger partial charge in [-0.15, -0.1) is 0 Å². The summed E-state index contributed by atoms with van der Waals surface area (Å²) >= 11 is 0. The van der Waals surface area contributed by atoms with Crippen molar-refractivity contribution in [2.75, 3.05) is 13.2 Å². The van der Waals surface area contributed by atoms with E-state index in [0.717, 1.165) is 6.07 Å². The van der Waals surface area contributed by atoms with Crippen molar-refractivity contribution in [3.8, 4) is 0 Å². The zero-order chi connectivity index (χ0) is 13.8. The molecule has 1 aromatic rings. The molecule has 0 aliphatic rings. The van der Waals surface area contributed by atoms with Gasteiger partial charge in [0, 0.05) is 31.2 Å². The van der Waals surface area contributed by atoms with E-state index in [1.807, 2.05) is 13.8 Å². The lowest BCUT2D eigenvalue weighted by molar-refractivity contribution is -0.385. The first-order valence-corrected chi connectivity index (χ1v) is 5.59. The molecule has 0 bridgehead atoms. The van der Waals surface area contributed by atoms with Crippen molar-refractivity contribution >= 4 is 5.69 Å². The number of rotatable bonds is 6. The fourth-order valence-corrected chi connectivity index (χ4v) is 1.44. The van der Waals surface area contributed by atoms with Gasteiger partial charge in [0.25, 0.3) is 5.69 Å². The smallest absolute Gasteiger partial charge is 0.272 e. The Bertz CT molecular complexity index is 435. The Morgan fingerprint density at radius 1 is 1.44 bits per heavy atom. The summed E-state index contributed by atoms with van der Waals surface area (Å²) < 4.78 is 13.1. The van der Waals surface area contributed by atoms with Crippen LogP contribution in [0.4, 0.5) is 10.1 Å². The molecule has 18 heavy (non-hydrogen) atoms. The van der Waals surface area contributed by atoms with E-state index >= 15 is 0 Å². The number of nitrogens with zero attached hydrogens (tertiary/aromatic N) is 1. The van der Waals surface area contributed by atoms with Crippen molar-refractivity contribution in [2.45, 2.75) is 20.4 Å². The fourth-order valence-electron chi connectivity index (χ4n) is 1.44. The number of nitro benzene ring substituents is 1. The lowest BCUT2D eigenvalue weighted by Crippen LogP contribution is -2.31. The molecule has 2 N–H and O–H groups in total. The van der Waals surface area contributed by atoms with Crippen molar-refractivity contribution in [2.24, 2.45) is 5.41 Å². The van der Waals surface area contributed by atoms with Crippen molar-refractivity contribution in [3.63, 3.8) is 0 Å². The molecule has 1 rings (SSSR count). The number of aliphatic hydroxyl groups excluding tert-OH is 1. The summed E-state index contributed by atoms with van der Waals surface area (Å²) in [6.45, 7) is 4.65. The summed E-state index contributed by atoms with van der Waals surface area (Å²) in [5.74, 6) is -0.623. The highest BCUT2D eigenvalue weighted by Gasteiger charge is 2.16. The third-order valence-corrected chi connectivity index (χ3v) is 2.51. The van der Waals surface area contributed by atoms with Gasteiger partial charge in [0.15, 0.2) is 0 Å². The van der Waals surface area contributed by atoms with Crippen LogP contribution in [0.25, 0.3) is 0 Å². The number of non-ortho nitro benzene ring substituents is 1. The van der Waals surface area contributed by atoms with E-state index in [2.05, 4.69) is 5.32 Å². The number of hydrogen-bond acceptors (Lipinski definition) is 4. The molecule has 0 radical (unpaired) electrons. The largest absolute Gasteiger partial charge is 0.396 e. The molecular weight excluding hydrogens is 239 g/mol. The molecule has 6 heteroatoms. The Kier molecular flexibility index (Phi) is 4.75. The lowest BCUT2D eigenvalue weighted by atomic mass is 9.95. The minimum atomic E-state index is -0.623. The second-order valence-corrected chi connectivity index (χ2v) is 5.00. The second kappa shape index (κ2) is 5.88. The molecule has 0 heterocycles. The van der Waals surface area contributed by atoms with Crippen LogP contribution >= 0.6 is 0 Å². The number of nitro groups is 1. The second-order valence-electron chi connectivity index (χ2n) is 5.00. The molecule has 100 valence electrons. The van der Waals surface area contributed by atoms with E-state index in [1.54, 1.807) is 0 Å². The van der Waals surface area contributed by atoms with Crippen LogP contribution in [-0.4, -0.2) is 23.2 Å². The van der Waals surface area contributed by atoms with Crippen molar-refractivity contribution < 1.29 is 14.4 Å². The van der Waals surface area contributed by atoms with E-state index in [-0.39, 0.29) is 17.7 Å². The van der Waals surface area contributed by atoms with Gasteiger partial charge in [-0.2, -0.15) is 0 Å². The van der Waals surface area contributed by atoms with Crippen LogP contribution in [0.3, 0.4) is 0 Å². The van der Waals surface area contributed by atoms with Gasteiger partial charge in [0.1, 0.15) is 5.82 Å². The highest BCUT2D eigenvalue weighted by Crippen LogP contribution is 2.17. The van der Waals surface area contributed by atoms with Crippen LogP contribution in [0.2, 0.25) is 0 Å². The predicted octanol–water partition coefficient (Wildman–Crippen LogP) is 1.84. The van der Waals surface area contributed by atoms with Crippen molar-refractivity contribution in [3.05, 3.63) is 39.7 Å². The fraction of sp³-hybridized carbons (Fsp3) is 0.500. The van der Waals surface area contributed by atoms with Crippen LogP contribution in [0.5, 0.6) is 0 Å². The van der Waals surface area contributed by atoms with Gasteiger partial charge >= 0.3 is 0 Å². The van der Waals surface area contributed by atoms with Gasteiger partial charge in [-0.1, -0.05) is 13.8 Å². The summed E-state index contributed by atoms with van der Waals surface area (Å²) in [6, 6.07) is 3.48. The Labute approximate surface area is 105 Å². The standard InChI is InChI=1S/C12H17FN2O3/c1-12(2,8-16)7-14-6-9-3-10(13)5-11(4-9)15(17)18/h3-5,14,16H,6-8H2,1-2H3. The maximum Gasteiger partial charge on any atom is 0.272 e. The summed E-state index contributed by atoms with van der Waals surface area (Å²) in [5, 5.41) is 22.7. The number of hydrogen-bond donors (Lipinski definition) is 2. The van der Waals surface area contributed by atoms with Crippen molar-refractivity contribution in [1.29, 1.82) is 0 Å². The Balaban J connectivity index is 2.65. The third-order valence-electron chi connectivity index (χ3n) is 2.51. The average molecular weight is 256 g/mol. The zero-order valence-electron chi connectivity index (χ0n) is 10.4. The minimum absolute atomic E-state index is 0.0311. The number of aliphatic hydroxyl groups is 1. The van der Waals surface area contributed by atoms with E-state index in [9.17, 15) is 14.5 Å². The normalized spacial score (nSPS) is 11.6. The van der Waals surface area contributed by atoms with Crippen LogP contribution in [0.1, 0.15) is 19.4 Å². The van der Waals surface area contributed by atoms with E-state index in [4.69, 9.17) is 5.11 Å². The molecule has 0 aromatic heterocycles. The maximum atomic E-state index is 13.1. The topological polar surface area (TPSA) is 75.4 Å². The molecule has 0 unspecified atom stereocenters. The van der Waals surface area contributed by atoms with Gasteiger partial charge in [-0.25, -0.2) is 4.39 Å². The maximum absolute atomic E-state index is 13.1. The lowest BCUT2D eigenvalue weighted by Gasteiger charge is -2.21.